The fourth-order valence-corrected chi connectivity index (χ4v) is 1.84. The lowest BCUT2D eigenvalue weighted by Crippen LogP contribution is -2.25. The Morgan fingerprint density at radius 2 is 1.70 bits per heavy atom. The smallest absolute Gasteiger partial charge is 0.253 e. The van der Waals surface area contributed by atoms with Gasteiger partial charge in [0.1, 0.15) is 0 Å². The minimum absolute atomic E-state index is 0.0736. The summed E-state index contributed by atoms with van der Waals surface area (Å²) in [5.41, 5.74) is 2.29. The Bertz CT molecular complexity index is 555. The van der Waals surface area contributed by atoms with Crippen LogP contribution in [0.1, 0.15) is 16.8 Å². The molecule has 0 unspecified atom stereocenters. The van der Waals surface area contributed by atoms with Crippen molar-refractivity contribution in [2.45, 2.75) is 6.42 Å². The number of amides is 1. The molecule has 0 atom stereocenters. The van der Waals surface area contributed by atoms with E-state index in [1.165, 1.54) is 0 Å². The van der Waals surface area contributed by atoms with Gasteiger partial charge in [0.2, 0.25) is 0 Å². The zero-order valence-corrected chi connectivity index (χ0v) is 11.2. The molecular formula is C16H18N2O2. The van der Waals surface area contributed by atoms with E-state index in [1.807, 2.05) is 48.5 Å². The SMILES string of the molecule is O=C(NCCCO)c1ccccc1Nc1ccccc1. The molecule has 0 saturated heterocycles. The van der Waals surface area contributed by atoms with Crippen molar-refractivity contribution in [3.63, 3.8) is 0 Å². The summed E-state index contributed by atoms with van der Waals surface area (Å²) in [5.74, 6) is -0.141. The van der Waals surface area contributed by atoms with E-state index in [2.05, 4.69) is 10.6 Å². The van der Waals surface area contributed by atoms with Crippen LogP contribution >= 0.6 is 0 Å². The maximum atomic E-state index is 12.1. The minimum atomic E-state index is -0.141. The summed E-state index contributed by atoms with van der Waals surface area (Å²) in [6.07, 6.45) is 0.556. The predicted octanol–water partition coefficient (Wildman–Crippen LogP) is 2.54. The van der Waals surface area contributed by atoms with E-state index in [0.29, 0.717) is 18.5 Å². The number of aliphatic hydroxyl groups is 1. The van der Waals surface area contributed by atoms with E-state index in [1.54, 1.807) is 6.07 Å². The van der Waals surface area contributed by atoms with E-state index >= 15 is 0 Å². The predicted molar refractivity (Wildman–Crippen MR) is 80.2 cm³/mol. The lowest BCUT2D eigenvalue weighted by Gasteiger charge is -2.12. The number of hydrogen-bond acceptors (Lipinski definition) is 3. The molecule has 0 spiro atoms. The summed E-state index contributed by atoms with van der Waals surface area (Å²) >= 11 is 0. The first-order valence-corrected chi connectivity index (χ1v) is 6.61. The van der Waals surface area contributed by atoms with Gasteiger partial charge < -0.3 is 15.7 Å². The third-order valence-electron chi connectivity index (χ3n) is 2.84. The number of benzene rings is 2. The molecule has 0 saturated carbocycles. The lowest BCUT2D eigenvalue weighted by molar-refractivity contribution is 0.0952. The van der Waals surface area contributed by atoms with Crippen molar-refractivity contribution in [3.8, 4) is 0 Å². The molecule has 0 fully saturated rings. The monoisotopic (exact) mass is 270 g/mol. The number of carbonyl (C=O) groups excluding carboxylic acids is 1. The van der Waals surface area contributed by atoms with Crippen molar-refractivity contribution in [1.82, 2.24) is 5.32 Å². The molecule has 3 N–H and O–H groups in total. The largest absolute Gasteiger partial charge is 0.396 e. The molecule has 0 aliphatic carbocycles. The summed E-state index contributed by atoms with van der Waals surface area (Å²) in [7, 11) is 0. The molecule has 4 nitrogen and oxygen atoms in total. The van der Waals surface area contributed by atoms with Crippen LogP contribution in [0.3, 0.4) is 0 Å². The third kappa shape index (κ3) is 3.83. The Hall–Kier alpha value is -2.33. The molecule has 0 bridgehead atoms. The Balaban J connectivity index is 2.11. The van der Waals surface area contributed by atoms with Gasteiger partial charge in [-0.2, -0.15) is 0 Å². The van der Waals surface area contributed by atoms with E-state index in [4.69, 9.17) is 5.11 Å². The molecule has 0 heterocycles. The number of anilines is 2. The Morgan fingerprint density at radius 1 is 1.00 bits per heavy atom. The second kappa shape index (κ2) is 7.31. The standard InChI is InChI=1S/C16H18N2O2/c19-12-6-11-17-16(20)14-9-4-5-10-15(14)18-13-7-2-1-3-8-13/h1-5,7-10,18-19H,6,11-12H2,(H,17,20). The van der Waals surface area contributed by atoms with Gasteiger partial charge in [-0.15, -0.1) is 0 Å². The molecule has 0 radical (unpaired) electrons. The number of carbonyl (C=O) groups is 1. The highest BCUT2D eigenvalue weighted by atomic mass is 16.3. The Kier molecular flexibility index (Phi) is 5.15. The second-order valence-electron chi connectivity index (χ2n) is 4.37. The highest BCUT2D eigenvalue weighted by Crippen LogP contribution is 2.20. The summed E-state index contributed by atoms with van der Waals surface area (Å²) < 4.78 is 0. The van der Waals surface area contributed by atoms with Crippen molar-refractivity contribution in [3.05, 3.63) is 60.2 Å². The summed E-state index contributed by atoms with van der Waals surface area (Å²) in [5, 5.41) is 14.8. The highest BCUT2D eigenvalue weighted by molar-refractivity contribution is 6.00. The average Bonchev–Trinajstić information content (AvgIpc) is 2.49. The van der Waals surface area contributed by atoms with Crippen molar-refractivity contribution in [2.75, 3.05) is 18.5 Å². The molecule has 4 heteroatoms. The Morgan fingerprint density at radius 3 is 2.45 bits per heavy atom. The van der Waals surface area contributed by atoms with Crippen LogP contribution in [-0.4, -0.2) is 24.2 Å². The fraction of sp³-hybridized carbons (Fsp3) is 0.188. The molecule has 20 heavy (non-hydrogen) atoms. The van der Waals surface area contributed by atoms with E-state index < -0.39 is 0 Å². The quantitative estimate of drug-likeness (QED) is 0.707. The molecule has 2 aromatic carbocycles. The molecule has 2 aromatic rings. The second-order valence-corrected chi connectivity index (χ2v) is 4.37. The number of nitrogens with one attached hydrogen (secondary N) is 2. The molecule has 1 amide bonds. The number of rotatable bonds is 6. The van der Waals surface area contributed by atoms with Crippen LogP contribution in [0.2, 0.25) is 0 Å². The van der Waals surface area contributed by atoms with Crippen molar-refractivity contribution in [1.29, 1.82) is 0 Å². The first-order valence-electron chi connectivity index (χ1n) is 6.61. The van der Waals surface area contributed by atoms with Crippen molar-refractivity contribution in [2.24, 2.45) is 0 Å². The highest BCUT2D eigenvalue weighted by Gasteiger charge is 2.10. The zero-order valence-electron chi connectivity index (χ0n) is 11.2. The van der Waals surface area contributed by atoms with Gasteiger partial charge in [0.25, 0.3) is 5.91 Å². The number of aliphatic hydroxyl groups excluding tert-OH is 1. The summed E-state index contributed by atoms with van der Waals surface area (Å²) in [6, 6.07) is 17.1. The molecule has 0 aromatic heterocycles. The molecular weight excluding hydrogens is 252 g/mol. The van der Waals surface area contributed by atoms with Gasteiger partial charge in [-0.3, -0.25) is 4.79 Å². The van der Waals surface area contributed by atoms with Gasteiger partial charge in [-0.1, -0.05) is 30.3 Å². The molecule has 2 rings (SSSR count). The molecule has 104 valence electrons. The first kappa shape index (κ1) is 14.1. The van der Waals surface area contributed by atoms with Crippen LogP contribution in [0.15, 0.2) is 54.6 Å². The topological polar surface area (TPSA) is 61.4 Å². The molecule has 0 aliphatic rings. The average molecular weight is 270 g/mol. The van der Waals surface area contributed by atoms with Crippen LogP contribution in [-0.2, 0) is 0 Å². The van der Waals surface area contributed by atoms with Crippen LogP contribution in [0.5, 0.6) is 0 Å². The van der Waals surface area contributed by atoms with Crippen LogP contribution in [0.4, 0.5) is 11.4 Å². The number of para-hydroxylation sites is 2. The van der Waals surface area contributed by atoms with Gasteiger partial charge in [-0.25, -0.2) is 0 Å². The zero-order chi connectivity index (χ0) is 14.2. The van der Waals surface area contributed by atoms with Gasteiger partial charge in [0.05, 0.1) is 11.3 Å². The van der Waals surface area contributed by atoms with E-state index in [0.717, 1.165) is 11.4 Å². The summed E-state index contributed by atoms with van der Waals surface area (Å²) in [4.78, 5) is 12.1. The normalized spacial score (nSPS) is 10.1. The fourth-order valence-electron chi connectivity index (χ4n) is 1.84. The third-order valence-corrected chi connectivity index (χ3v) is 2.84. The Labute approximate surface area is 118 Å². The van der Waals surface area contributed by atoms with Gasteiger partial charge >= 0.3 is 0 Å². The maximum absolute atomic E-state index is 12.1. The van der Waals surface area contributed by atoms with Crippen LogP contribution in [0, 0.1) is 0 Å². The molecule has 0 aliphatic heterocycles. The lowest BCUT2D eigenvalue weighted by atomic mass is 10.1. The van der Waals surface area contributed by atoms with Crippen LogP contribution in [0.25, 0.3) is 0 Å². The van der Waals surface area contributed by atoms with Crippen molar-refractivity contribution >= 4 is 17.3 Å². The summed E-state index contributed by atoms with van der Waals surface area (Å²) in [6.45, 7) is 0.541. The van der Waals surface area contributed by atoms with Gasteiger partial charge in [0, 0.05) is 18.8 Å². The van der Waals surface area contributed by atoms with Gasteiger partial charge in [0.15, 0.2) is 0 Å². The van der Waals surface area contributed by atoms with Crippen LogP contribution < -0.4 is 10.6 Å². The first-order chi connectivity index (χ1) is 9.81. The maximum Gasteiger partial charge on any atom is 0.253 e. The minimum Gasteiger partial charge on any atom is -0.396 e. The van der Waals surface area contributed by atoms with E-state index in [-0.39, 0.29) is 12.5 Å². The van der Waals surface area contributed by atoms with E-state index in [9.17, 15) is 4.79 Å². The van der Waals surface area contributed by atoms with Crippen molar-refractivity contribution < 1.29 is 9.90 Å². The van der Waals surface area contributed by atoms with Gasteiger partial charge in [-0.05, 0) is 30.7 Å². The number of hydrogen-bond donors (Lipinski definition) is 3.